The van der Waals surface area contributed by atoms with Gasteiger partial charge in [0.2, 0.25) is 0 Å². The fourth-order valence-electron chi connectivity index (χ4n) is 4.89. The van der Waals surface area contributed by atoms with Gasteiger partial charge in [0.15, 0.2) is 0 Å². The van der Waals surface area contributed by atoms with Gasteiger partial charge >= 0.3 is 0 Å². The Morgan fingerprint density at radius 3 is 2.30 bits per heavy atom. The van der Waals surface area contributed by atoms with Crippen LogP contribution in [-0.2, 0) is 10.8 Å². The molecule has 2 aromatic rings. The molecule has 27 heavy (non-hydrogen) atoms. The standard InChI is InChI=1S/C26H34O/c1-7-15-26(27)18-24(3,4)22-14-13-21(17-23(22)25(26,5)6)19(2)16-20-11-9-8-10-12-20/h8-14,16-17,27H,7,15,18H2,1-6H3/b19-16+. The number of benzene rings is 2. The highest BCUT2D eigenvalue weighted by molar-refractivity contribution is 5.80. The van der Waals surface area contributed by atoms with E-state index in [0.29, 0.717) is 0 Å². The first-order valence-electron chi connectivity index (χ1n) is 10.2. The Kier molecular flexibility index (Phi) is 5.12. The average molecular weight is 363 g/mol. The van der Waals surface area contributed by atoms with Crippen LogP contribution >= 0.6 is 0 Å². The van der Waals surface area contributed by atoms with Crippen LogP contribution in [0, 0.1) is 0 Å². The third kappa shape index (κ3) is 3.50. The van der Waals surface area contributed by atoms with E-state index < -0.39 is 5.60 Å². The molecular weight excluding hydrogens is 328 g/mol. The highest BCUT2D eigenvalue weighted by Gasteiger charge is 2.52. The molecule has 0 fully saturated rings. The second kappa shape index (κ2) is 6.95. The van der Waals surface area contributed by atoms with E-state index in [4.69, 9.17) is 0 Å². The van der Waals surface area contributed by atoms with Crippen LogP contribution in [0.2, 0.25) is 0 Å². The van der Waals surface area contributed by atoms with Crippen molar-refractivity contribution in [2.75, 3.05) is 0 Å². The molecule has 1 aliphatic rings. The summed E-state index contributed by atoms with van der Waals surface area (Å²) >= 11 is 0. The van der Waals surface area contributed by atoms with Crippen molar-refractivity contribution in [2.45, 2.75) is 77.2 Å². The van der Waals surface area contributed by atoms with E-state index in [9.17, 15) is 5.11 Å². The predicted molar refractivity (Wildman–Crippen MR) is 117 cm³/mol. The second-order valence-electron chi connectivity index (χ2n) is 9.47. The van der Waals surface area contributed by atoms with Gasteiger partial charge in [0.05, 0.1) is 5.60 Å². The van der Waals surface area contributed by atoms with E-state index in [1.807, 2.05) is 6.07 Å². The summed E-state index contributed by atoms with van der Waals surface area (Å²) in [6.07, 6.45) is 4.89. The SMILES string of the molecule is CCCC1(O)CC(C)(C)c2ccc(/C(C)=C/c3ccccc3)cc2C1(C)C. The number of hydrogen-bond acceptors (Lipinski definition) is 1. The number of allylic oxidation sites excluding steroid dienone is 1. The first-order chi connectivity index (χ1) is 12.6. The van der Waals surface area contributed by atoms with Gasteiger partial charge in [-0.3, -0.25) is 0 Å². The van der Waals surface area contributed by atoms with Crippen LogP contribution in [0.15, 0.2) is 48.5 Å². The van der Waals surface area contributed by atoms with Crippen LogP contribution in [0.25, 0.3) is 11.6 Å². The van der Waals surface area contributed by atoms with Gasteiger partial charge in [-0.15, -0.1) is 0 Å². The summed E-state index contributed by atoms with van der Waals surface area (Å²) in [6, 6.07) is 17.3. The van der Waals surface area contributed by atoms with Crippen molar-refractivity contribution in [3.8, 4) is 0 Å². The summed E-state index contributed by atoms with van der Waals surface area (Å²) in [5.74, 6) is 0. The lowest BCUT2D eigenvalue weighted by atomic mass is 9.54. The zero-order chi connectivity index (χ0) is 19.9. The molecule has 0 amide bonds. The highest BCUT2D eigenvalue weighted by Crippen LogP contribution is 2.53. The first kappa shape index (κ1) is 19.9. The molecule has 0 spiro atoms. The van der Waals surface area contributed by atoms with Gasteiger partial charge in [-0.05, 0) is 53.0 Å². The molecule has 144 valence electrons. The fourth-order valence-corrected chi connectivity index (χ4v) is 4.89. The minimum Gasteiger partial charge on any atom is -0.389 e. The zero-order valence-corrected chi connectivity index (χ0v) is 17.8. The maximum Gasteiger partial charge on any atom is 0.0746 e. The molecule has 0 saturated carbocycles. The van der Waals surface area contributed by atoms with Crippen molar-refractivity contribution in [3.63, 3.8) is 0 Å². The van der Waals surface area contributed by atoms with E-state index in [2.05, 4.69) is 90.1 Å². The van der Waals surface area contributed by atoms with Crippen LogP contribution in [0.3, 0.4) is 0 Å². The van der Waals surface area contributed by atoms with Crippen molar-refractivity contribution in [1.29, 1.82) is 0 Å². The van der Waals surface area contributed by atoms with Gasteiger partial charge in [-0.1, -0.05) is 95.6 Å². The summed E-state index contributed by atoms with van der Waals surface area (Å²) in [4.78, 5) is 0. The minimum absolute atomic E-state index is 0.0235. The monoisotopic (exact) mass is 362 g/mol. The smallest absolute Gasteiger partial charge is 0.0746 e. The van der Waals surface area contributed by atoms with Gasteiger partial charge in [0.25, 0.3) is 0 Å². The third-order valence-electron chi connectivity index (χ3n) is 6.62. The fraction of sp³-hybridized carbons (Fsp3) is 0.462. The molecular formula is C26H34O. The molecule has 2 aromatic carbocycles. The topological polar surface area (TPSA) is 20.2 Å². The Morgan fingerprint density at radius 2 is 1.67 bits per heavy atom. The molecule has 0 saturated heterocycles. The second-order valence-corrected chi connectivity index (χ2v) is 9.47. The number of aliphatic hydroxyl groups is 1. The van der Waals surface area contributed by atoms with Crippen LogP contribution in [0.5, 0.6) is 0 Å². The van der Waals surface area contributed by atoms with Crippen molar-refractivity contribution in [1.82, 2.24) is 0 Å². The van der Waals surface area contributed by atoms with E-state index >= 15 is 0 Å². The van der Waals surface area contributed by atoms with Gasteiger partial charge in [0, 0.05) is 5.41 Å². The van der Waals surface area contributed by atoms with Crippen molar-refractivity contribution in [3.05, 3.63) is 70.8 Å². The van der Waals surface area contributed by atoms with Crippen LogP contribution in [0.1, 0.15) is 83.1 Å². The van der Waals surface area contributed by atoms with E-state index in [-0.39, 0.29) is 10.8 Å². The summed E-state index contributed by atoms with van der Waals surface area (Å²) in [5.41, 5.74) is 5.42. The predicted octanol–water partition coefficient (Wildman–Crippen LogP) is 6.74. The summed E-state index contributed by atoms with van der Waals surface area (Å²) in [7, 11) is 0. The Bertz CT molecular complexity index is 842. The number of hydrogen-bond donors (Lipinski definition) is 1. The summed E-state index contributed by atoms with van der Waals surface area (Å²) in [5, 5.41) is 11.6. The average Bonchev–Trinajstić information content (AvgIpc) is 2.60. The molecule has 0 aromatic heterocycles. The Balaban J connectivity index is 2.11. The molecule has 1 unspecified atom stereocenters. The molecule has 3 rings (SSSR count). The quantitative estimate of drug-likeness (QED) is 0.597. The minimum atomic E-state index is -0.673. The van der Waals surface area contributed by atoms with Crippen molar-refractivity contribution >= 4 is 11.6 Å². The van der Waals surface area contributed by atoms with Gasteiger partial charge in [-0.25, -0.2) is 0 Å². The number of rotatable bonds is 4. The van der Waals surface area contributed by atoms with E-state index in [1.165, 1.54) is 27.8 Å². The van der Waals surface area contributed by atoms with Crippen LogP contribution < -0.4 is 0 Å². The van der Waals surface area contributed by atoms with Crippen LogP contribution in [-0.4, -0.2) is 10.7 Å². The molecule has 1 N–H and O–H groups in total. The van der Waals surface area contributed by atoms with E-state index in [0.717, 1.165) is 19.3 Å². The summed E-state index contributed by atoms with van der Waals surface area (Å²) < 4.78 is 0. The lowest BCUT2D eigenvalue weighted by Gasteiger charge is -2.53. The molecule has 0 radical (unpaired) electrons. The maximum absolute atomic E-state index is 11.6. The molecule has 1 aliphatic carbocycles. The normalized spacial score (nSPS) is 23.7. The third-order valence-corrected chi connectivity index (χ3v) is 6.62. The maximum atomic E-state index is 11.6. The van der Waals surface area contributed by atoms with Crippen molar-refractivity contribution < 1.29 is 5.11 Å². The lowest BCUT2D eigenvalue weighted by molar-refractivity contribution is -0.0654. The van der Waals surface area contributed by atoms with Gasteiger partial charge in [0.1, 0.15) is 0 Å². The van der Waals surface area contributed by atoms with Crippen LogP contribution in [0.4, 0.5) is 0 Å². The molecule has 1 nitrogen and oxygen atoms in total. The van der Waals surface area contributed by atoms with Gasteiger partial charge < -0.3 is 5.11 Å². The largest absolute Gasteiger partial charge is 0.389 e. The summed E-state index contributed by atoms with van der Waals surface area (Å²) in [6.45, 7) is 13.3. The molecule has 0 heterocycles. The van der Waals surface area contributed by atoms with Gasteiger partial charge in [-0.2, -0.15) is 0 Å². The molecule has 0 aliphatic heterocycles. The highest BCUT2D eigenvalue weighted by atomic mass is 16.3. The van der Waals surface area contributed by atoms with Crippen molar-refractivity contribution in [2.24, 2.45) is 0 Å². The first-order valence-corrected chi connectivity index (χ1v) is 10.2. The lowest BCUT2D eigenvalue weighted by Crippen LogP contribution is -2.55. The Hall–Kier alpha value is -1.86. The Labute approximate surface area is 165 Å². The Morgan fingerprint density at radius 1 is 1.00 bits per heavy atom. The molecule has 0 bridgehead atoms. The zero-order valence-electron chi connectivity index (χ0n) is 17.8. The molecule has 1 heteroatoms. The number of fused-ring (bicyclic) bond motifs is 1. The van der Waals surface area contributed by atoms with E-state index in [1.54, 1.807) is 0 Å². The molecule has 1 atom stereocenters.